The molecule has 398 valence electrons. The van der Waals surface area contributed by atoms with E-state index < -0.39 is 147 Å². The van der Waals surface area contributed by atoms with Gasteiger partial charge in [-0.1, -0.05) is 98.9 Å². The highest BCUT2D eigenvalue weighted by Crippen LogP contribution is 2.35. The number of ether oxygens (including phenoxy) is 4. The van der Waals surface area contributed by atoms with Crippen LogP contribution in [-0.2, 0) is 23.7 Å². The molecule has 19 heteroatoms. The average molecular weight is 994 g/mol. The van der Waals surface area contributed by atoms with E-state index in [4.69, 9.17) is 24.7 Å². The number of carbonyl (C=O) groups is 2. The smallest absolute Gasteiger partial charge is 0.317 e. The van der Waals surface area contributed by atoms with E-state index in [0.717, 1.165) is 0 Å². The number of fused-ring (bicyclic) bond motifs is 2. The van der Waals surface area contributed by atoms with Crippen molar-refractivity contribution in [3.8, 4) is 0 Å². The Morgan fingerprint density at radius 2 is 1.27 bits per heavy atom. The van der Waals surface area contributed by atoms with Crippen LogP contribution < -0.4 is 11.1 Å². The van der Waals surface area contributed by atoms with Crippen LogP contribution in [0.1, 0.15) is 92.9 Å². The number of nitrogens with one attached hydrogen (secondary N) is 1. The number of hydrogen-bond acceptors (Lipinski definition) is 17. The Labute approximate surface area is 413 Å². The second-order valence-electron chi connectivity index (χ2n) is 18.9. The van der Waals surface area contributed by atoms with Crippen LogP contribution in [0.25, 0.3) is 0 Å². The Kier molecular flexibility index (Phi) is 26.4. The lowest BCUT2D eigenvalue weighted by atomic mass is 9.87. The van der Waals surface area contributed by atoms with Gasteiger partial charge in [0.15, 0.2) is 12.1 Å². The maximum Gasteiger partial charge on any atom is 0.317 e. The molecule has 0 aromatic rings. The quantitative estimate of drug-likeness (QED) is 0.173. The van der Waals surface area contributed by atoms with Crippen LogP contribution in [0.15, 0.2) is 85.1 Å². The van der Waals surface area contributed by atoms with Gasteiger partial charge in [-0.3, -0.25) is 4.79 Å². The van der Waals surface area contributed by atoms with E-state index in [0.29, 0.717) is 13.1 Å². The number of hydrogen-bond donors (Lipinski definition) is 12. The number of cyclic esters (lactones) is 1. The zero-order chi connectivity index (χ0) is 52.1. The first-order valence-electron chi connectivity index (χ1n) is 24.6. The fourth-order valence-corrected chi connectivity index (χ4v) is 8.58. The standard InChI is InChI=1S/C51H83N3O16/c1-7-54(8-2)50(65)53-45-41(60)30-51(66)29-37(57)26-40(59)39(58)24-23-35(55)25-36(56)27-43(61)67-33(5)32(4)46(62)31(3)21-19-17-15-13-11-9-10-12-14-16-18-20-22-38(28-42(45)70-51)69-49-48(64)44(52)47(63)34(6)68-49/h9-22,31-42,44-49,55-60,62-64,66H,7-8,23-30,52H2,1-6H3,(H,53,65)/b10-9+,13-11+,14-12+,17-15+,18-16+,21-19+,22-20+/t31-,32-,33-,34?,35?,36?,37?,38?,39?,40?,41-,42-,44-,45+,46+,47+,48-,49-,51?/m0/s1. The van der Waals surface area contributed by atoms with Gasteiger partial charge in [0.1, 0.15) is 12.2 Å². The number of esters is 1. The van der Waals surface area contributed by atoms with Crippen molar-refractivity contribution in [2.45, 2.75) is 196 Å². The number of nitrogens with zero attached hydrogens (tertiary/aromatic N) is 1. The number of amides is 2. The minimum absolute atomic E-state index is 0.0892. The first-order chi connectivity index (χ1) is 33.1. The number of urea groups is 1. The maximum absolute atomic E-state index is 13.4. The van der Waals surface area contributed by atoms with Crippen LogP contribution in [0.3, 0.4) is 0 Å². The summed E-state index contributed by atoms with van der Waals surface area (Å²) >= 11 is 0. The molecule has 13 N–H and O–H groups in total. The lowest BCUT2D eigenvalue weighted by Gasteiger charge is -2.47. The van der Waals surface area contributed by atoms with Crippen LogP contribution in [0, 0.1) is 11.8 Å². The molecule has 19 atom stereocenters. The molecule has 3 aliphatic heterocycles. The van der Waals surface area contributed by atoms with Crippen molar-refractivity contribution in [3.63, 3.8) is 0 Å². The summed E-state index contributed by atoms with van der Waals surface area (Å²) in [5.74, 6) is -3.68. The second-order valence-corrected chi connectivity index (χ2v) is 18.9. The molecule has 0 aromatic heterocycles. The Morgan fingerprint density at radius 1 is 0.700 bits per heavy atom. The van der Waals surface area contributed by atoms with Crippen LogP contribution in [0.2, 0.25) is 0 Å². The molecule has 0 aliphatic carbocycles. The predicted octanol–water partition coefficient (Wildman–Crippen LogP) is 1.43. The van der Waals surface area contributed by atoms with Gasteiger partial charge in [-0.15, -0.1) is 0 Å². The third-order valence-corrected chi connectivity index (χ3v) is 13.1. The second kappa shape index (κ2) is 30.4. The number of carbonyl (C=O) groups excluding carboxylic acids is 2. The number of aliphatic hydroxyl groups excluding tert-OH is 9. The Balaban J connectivity index is 1.94. The SMILES string of the molecule is CCN(CC)C(=O)N[C@H]1[C@@H]2CC(O[C@@H]3OC(C)[C@@H](O)[C@H](N)[C@@H]3O)/C=C/C=C/C=C/C=C/C=C/C=C/C=C/[C@H](C)[C@@H](O)[C@@H](C)[C@H](C)OC(=O)CC(O)CC(O)CCC(O)C(O)CC(O)CC(O)(C[C@@H]1O)O2. The van der Waals surface area contributed by atoms with E-state index in [1.54, 1.807) is 77.2 Å². The molecule has 0 spiro atoms. The largest absolute Gasteiger partial charge is 0.462 e. The van der Waals surface area contributed by atoms with Crippen molar-refractivity contribution >= 4 is 12.0 Å². The molecule has 3 heterocycles. The summed E-state index contributed by atoms with van der Waals surface area (Å²) in [5.41, 5.74) is 6.11. The molecule has 2 saturated heterocycles. The molecule has 2 bridgehead atoms. The van der Waals surface area contributed by atoms with E-state index in [1.807, 2.05) is 49.5 Å². The fourth-order valence-electron chi connectivity index (χ4n) is 8.58. The van der Waals surface area contributed by atoms with Crippen LogP contribution >= 0.6 is 0 Å². The molecular weight excluding hydrogens is 911 g/mol. The number of aliphatic hydroxyl groups is 10. The fraction of sp³-hybridized carbons (Fsp3) is 0.686. The van der Waals surface area contributed by atoms with E-state index >= 15 is 0 Å². The van der Waals surface area contributed by atoms with E-state index in [-0.39, 0.29) is 31.6 Å². The summed E-state index contributed by atoms with van der Waals surface area (Å²) in [6.45, 7) is 11.1. The lowest BCUT2D eigenvalue weighted by molar-refractivity contribution is -0.303. The molecule has 3 rings (SSSR count). The topological polar surface area (TPSA) is 315 Å². The minimum Gasteiger partial charge on any atom is -0.462 e. The van der Waals surface area contributed by atoms with Gasteiger partial charge in [0.2, 0.25) is 0 Å². The molecule has 0 aromatic carbocycles. The molecule has 0 radical (unpaired) electrons. The molecule has 2 fully saturated rings. The first-order valence-corrected chi connectivity index (χ1v) is 24.6. The van der Waals surface area contributed by atoms with Gasteiger partial charge in [-0.2, -0.15) is 0 Å². The number of rotatable bonds is 5. The summed E-state index contributed by atoms with van der Waals surface area (Å²) in [6, 6.07) is -2.76. The van der Waals surface area contributed by atoms with Crippen molar-refractivity contribution in [2.75, 3.05) is 13.1 Å². The van der Waals surface area contributed by atoms with Gasteiger partial charge in [-0.05, 0) is 47.0 Å². The van der Waals surface area contributed by atoms with Crippen LogP contribution in [-0.4, -0.2) is 185 Å². The summed E-state index contributed by atoms with van der Waals surface area (Å²) in [6.07, 6.45) is 5.30. The van der Waals surface area contributed by atoms with Gasteiger partial charge in [-0.25, -0.2) is 4.79 Å². The predicted molar refractivity (Wildman–Crippen MR) is 261 cm³/mol. The van der Waals surface area contributed by atoms with E-state index in [9.17, 15) is 60.7 Å². The summed E-state index contributed by atoms with van der Waals surface area (Å²) in [4.78, 5) is 27.6. The van der Waals surface area contributed by atoms with Crippen molar-refractivity contribution < 1.29 is 79.6 Å². The maximum atomic E-state index is 13.4. The number of allylic oxidation sites excluding steroid dienone is 12. The molecule has 2 amide bonds. The van der Waals surface area contributed by atoms with Crippen molar-refractivity contribution in [1.82, 2.24) is 10.2 Å². The van der Waals surface area contributed by atoms with Gasteiger partial charge in [0.25, 0.3) is 0 Å². The van der Waals surface area contributed by atoms with Crippen molar-refractivity contribution in [3.05, 3.63) is 85.1 Å². The van der Waals surface area contributed by atoms with Gasteiger partial charge in [0.05, 0.1) is 85.6 Å². The lowest BCUT2D eigenvalue weighted by Crippen LogP contribution is -2.64. The zero-order valence-electron chi connectivity index (χ0n) is 41.5. The average Bonchev–Trinajstić information content (AvgIpc) is 3.29. The van der Waals surface area contributed by atoms with E-state index in [2.05, 4.69) is 5.32 Å². The number of nitrogens with two attached hydrogens (primary N) is 1. The van der Waals surface area contributed by atoms with Gasteiger partial charge in [0, 0.05) is 50.6 Å². The van der Waals surface area contributed by atoms with Crippen molar-refractivity contribution in [1.29, 1.82) is 0 Å². The van der Waals surface area contributed by atoms with Gasteiger partial charge < -0.3 is 86.0 Å². The Bertz CT molecular complexity index is 1770. The van der Waals surface area contributed by atoms with E-state index in [1.165, 1.54) is 4.90 Å². The highest BCUT2D eigenvalue weighted by Gasteiger charge is 2.49. The monoisotopic (exact) mass is 994 g/mol. The summed E-state index contributed by atoms with van der Waals surface area (Å²) in [5, 5.41) is 113. The third-order valence-electron chi connectivity index (χ3n) is 13.1. The first kappa shape index (κ1) is 60.7. The van der Waals surface area contributed by atoms with Crippen LogP contribution in [0.5, 0.6) is 0 Å². The molecule has 70 heavy (non-hydrogen) atoms. The van der Waals surface area contributed by atoms with Gasteiger partial charge >= 0.3 is 12.0 Å². The Morgan fingerprint density at radius 3 is 1.86 bits per heavy atom. The molecule has 3 aliphatic rings. The molecule has 0 saturated carbocycles. The highest BCUT2D eigenvalue weighted by molar-refractivity contribution is 5.74. The van der Waals surface area contributed by atoms with Crippen LogP contribution in [0.4, 0.5) is 4.79 Å². The summed E-state index contributed by atoms with van der Waals surface area (Å²) in [7, 11) is 0. The highest BCUT2D eigenvalue weighted by atomic mass is 16.7. The molecule has 8 unspecified atom stereocenters. The minimum atomic E-state index is -2.24. The molecule has 19 nitrogen and oxygen atoms in total. The zero-order valence-corrected chi connectivity index (χ0v) is 41.5. The molecular formula is C51H83N3O16. The Hall–Kier alpha value is -3.64. The van der Waals surface area contributed by atoms with Crippen molar-refractivity contribution in [2.24, 2.45) is 17.6 Å². The summed E-state index contributed by atoms with van der Waals surface area (Å²) < 4.78 is 23.8. The third kappa shape index (κ3) is 20.1. The normalized spacial score (nSPS) is 43.0.